The number of aryl methyl sites for hydroxylation is 1. The fourth-order valence-electron chi connectivity index (χ4n) is 2.55. The zero-order valence-electron chi connectivity index (χ0n) is 12.5. The molecule has 22 heavy (non-hydrogen) atoms. The molecule has 0 saturated carbocycles. The normalized spacial score (nSPS) is 17.0. The number of nitrogens with one attached hydrogen (secondary N) is 2. The van der Waals surface area contributed by atoms with E-state index in [2.05, 4.69) is 28.6 Å². The van der Waals surface area contributed by atoms with Crippen molar-refractivity contribution in [3.8, 4) is 10.6 Å². The Bertz CT molecular complexity index is 638. The monoisotopic (exact) mass is 337 g/mol. The van der Waals surface area contributed by atoms with Crippen LogP contribution in [0.5, 0.6) is 0 Å². The van der Waals surface area contributed by atoms with Crippen molar-refractivity contribution in [1.82, 2.24) is 15.6 Å². The molecule has 2 N–H and O–H groups in total. The summed E-state index contributed by atoms with van der Waals surface area (Å²) in [4.78, 5) is 16.6. The molecule has 6 heteroatoms. The van der Waals surface area contributed by atoms with Crippen molar-refractivity contribution in [1.29, 1.82) is 0 Å². The van der Waals surface area contributed by atoms with Gasteiger partial charge < -0.3 is 10.6 Å². The highest BCUT2D eigenvalue weighted by Gasteiger charge is 2.17. The number of nitrogens with zero attached hydrogens (tertiary/aromatic N) is 1. The Morgan fingerprint density at radius 3 is 3.00 bits per heavy atom. The summed E-state index contributed by atoms with van der Waals surface area (Å²) < 4.78 is 0. The number of hydrogen-bond acceptors (Lipinski definition) is 4. The van der Waals surface area contributed by atoms with Crippen molar-refractivity contribution in [3.05, 3.63) is 40.9 Å². The van der Waals surface area contributed by atoms with Crippen molar-refractivity contribution < 1.29 is 4.79 Å². The molecule has 0 bridgehead atoms. The average molecular weight is 338 g/mol. The number of amides is 1. The highest BCUT2D eigenvalue weighted by Crippen LogP contribution is 2.26. The summed E-state index contributed by atoms with van der Waals surface area (Å²) in [6, 6.07) is 8.51. The molecule has 1 aromatic heterocycles. The number of thiazole rings is 1. The summed E-state index contributed by atoms with van der Waals surface area (Å²) in [5, 5.41) is 9.07. The van der Waals surface area contributed by atoms with Crippen LogP contribution in [-0.4, -0.2) is 30.0 Å². The van der Waals surface area contributed by atoms with Crippen LogP contribution < -0.4 is 10.6 Å². The minimum atomic E-state index is -0.0835. The molecule has 1 amide bonds. The number of rotatable bonds is 4. The molecule has 1 fully saturated rings. The number of benzene rings is 1. The van der Waals surface area contributed by atoms with Gasteiger partial charge in [0.05, 0.1) is 0 Å². The Hall–Kier alpha value is -1.43. The molecule has 1 atom stereocenters. The number of carbonyl (C=O) groups excluding carboxylic acids is 1. The first-order chi connectivity index (χ1) is 10.2. The van der Waals surface area contributed by atoms with Crippen LogP contribution in [0.3, 0.4) is 0 Å². The molecule has 3 rings (SSSR count). The molecule has 0 radical (unpaired) electrons. The van der Waals surface area contributed by atoms with E-state index < -0.39 is 0 Å². The van der Waals surface area contributed by atoms with Gasteiger partial charge in [-0.05, 0) is 31.9 Å². The third-order valence-electron chi connectivity index (χ3n) is 3.78. The first-order valence-corrected chi connectivity index (χ1v) is 8.15. The number of carbonyl (C=O) groups is 1. The fourth-order valence-corrected chi connectivity index (χ4v) is 3.44. The first kappa shape index (κ1) is 16.9. The second-order valence-corrected chi connectivity index (χ2v) is 6.21. The molecule has 4 nitrogen and oxygen atoms in total. The highest BCUT2D eigenvalue weighted by molar-refractivity contribution is 7.13. The maximum atomic E-state index is 12.1. The highest BCUT2D eigenvalue weighted by atomic mass is 35.5. The van der Waals surface area contributed by atoms with E-state index in [1.165, 1.54) is 23.3 Å². The minimum Gasteiger partial charge on any atom is -0.349 e. The van der Waals surface area contributed by atoms with Gasteiger partial charge in [-0.1, -0.05) is 24.3 Å². The summed E-state index contributed by atoms with van der Waals surface area (Å²) in [7, 11) is 0. The van der Waals surface area contributed by atoms with Crippen LogP contribution in [0.25, 0.3) is 10.6 Å². The van der Waals surface area contributed by atoms with Crippen LogP contribution in [0.15, 0.2) is 29.6 Å². The minimum absolute atomic E-state index is 0. The molecule has 118 valence electrons. The lowest BCUT2D eigenvalue weighted by atomic mass is 10.1. The lowest BCUT2D eigenvalue weighted by molar-refractivity contribution is 0.0946. The van der Waals surface area contributed by atoms with Gasteiger partial charge in [0.2, 0.25) is 0 Å². The topological polar surface area (TPSA) is 54.0 Å². The third kappa shape index (κ3) is 3.85. The van der Waals surface area contributed by atoms with Crippen molar-refractivity contribution in [3.63, 3.8) is 0 Å². The van der Waals surface area contributed by atoms with E-state index in [1.807, 2.05) is 23.6 Å². The summed E-state index contributed by atoms with van der Waals surface area (Å²) in [5.74, 6) is -0.0835. The molecule has 0 aliphatic carbocycles. The predicted molar refractivity (Wildman–Crippen MR) is 92.9 cm³/mol. The van der Waals surface area contributed by atoms with E-state index in [9.17, 15) is 4.79 Å². The lowest BCUT2D eigenvalue weighted by Crippen LogP contribution is -2.37. The largest absolute Gasteiger partial charge is 0.349 e. The van der Waals surface area contributed by atoms with Crippen LogP contribution in [0.4, 0.5) is 0 Å². The van der Waals surface area contributed by atoms with E-state index in [1.54, 1.807) is 0 Å². The predicted octanol–water partition coefficient (Wildman–Crippen LogP) is 3.02. The number of hydrogen-bond donors (Lipinski definition) is 2. The zero-order chi connectivity index (χ0) is 14.7. The van der Waals surface area contributed by atoms with Gasteiger partial charge in [0, 0.05) is 23.5 Å². The third-order valence-corrected chi connectivity index (χ3v) is 4.66. The molecule has 1 aliphatic rings. The van der Waals surface area contributed by atoms with Crippen LogP contribution in [-0.2, 0) is 0 Å². The molecule has 1 saturated heterocycles. The van der Waals surface area contributed by atoms with E-state index in [-0.39, 0.29) is 18.3 Å². The molecule has 1 aliphatic heterocycles. The van der Waals surface area contributed by atoms with Gasteiger partial charge in [-0.2, -0.15) is 0 Å². The van der Waals surface area contributed by atoms with Crippen LogP contribution >= 0.6 is 23.7 Å². The van der Waals surface area contributed by atoms with E-state index in [0.717, 1.165) is 23.5 Å². The van der Waals surface area contributed by atoms with E-state index in [0.29, 0.717) is 18.3 Å². The van der Waals surface area contributed by atoms with Gasteiger partial charge >= 0.3 is 0 Å². The Balaban J connectivity index is 0.00000176. The second kappa shape index (κ2) is 7.72. The Labute approximate surface area is 140 Å². The number of halogens is 1. The van der Waals surface area contributed by atoms with E-state index in [4.69, 9.17) is 0 Å². The van der Waals surface area contributed by atoms with Gasteiger partial charge in [-0.15, -0.1) is 23.7 Å². The molecule has 1 unspecified atom stereocenters. The molecule has 2 aromatic rings. The van der Waals surface area contributed by atoms with Crippen LogP contribution in [0, 0.1) is 6.92 Å². The van der Waals surface area contributed by atoms with Gasteiger partial charge in [-0.25, -0.2) is 4.98 Å². The Kier molecular flexibility index (Phi) is 5.94. The SMILES string of the molecule is Cc1ccccc1-c1nc(C(=O)NCC2CCCN2)cs1.Cl. The van der Waals surface area contributed by atoms with Gasteiger partial charge in [0.25, 0.3) is 5.91 Å². The van der Waals surface area contributed by atoms with Crippen molar-refractivity contribution in [2.45, 2.75) is 25.8 Å². The summed E-state index contributed by atoms with van der Waals surface area (Å²) in [6.45, 7) is 3.78. The molecule has 0 spiro atoms. The summed E-state index contributed by atoms with van der Waals surface area (Å²) in [6.07, 6.45) is 2.32. The van der Waals surface area contributed by atoms with Crippen LogP contribution in [0.1, 0.15) is 28.9 Å². The quantitative estimate of drug-likeness (QED) is 0.901. The van der Waals surface area contributed by atoms with Crippen molar-refractivity contribution >= 4 is 29.7 Å². The second-order valence-electron chi connectivity index (χ2n) is 5.36. The smallest absolute Gasteiger partial charge is 0.270 e. The van der Waals surface area contributed by atoms with Gasteiger partial charge in [0.15, 0.2) is 0 Å². The van der Waals surface area contributed by atoms with Gasteiger partial charge in [-0.3, -0.25) is 4.79 Å². The Morgan fingerprint density at radius 1 is 1.45 bits per heavy atom. The van der Waals surface area contributed by atoms with E-state index >= 15 is 0 Å². The Morgan fingerprint density at radius 2 is 2.27 bits per heavy atom. The lowest BCUT2D eigenvalue weighted by Gasteiger charge is -2.10. The van der Waals surface area contributed by atoms with Crippen molar-refractivity contribution in [2.75, 3.05) is 13.1 Å². The standard InChI is InChI=1S/C16H19N3OS.ClH/c1-11-5-2-3-7-13(11)16-19-14(10-21-16)15(20)18-9-12-6-4-8-17-12;/h2-3,5,7,10,12,17H,4,6,8-9H2,1H3,(H,18,20);1H. The maximum Gasteiger partial charge on any atom is 0.270 e. The summed E-state index contributed by atoms with van der Waals surface area (Å²) in [5.41, 5.74) is 2.78. The molecular weight excluding hydrogens is 318 g/mol. The summed E-state index contributed by atoms with van der Waals surface area (Å²) >= 11 is 1.52. The fraction of sp³-hybridized carbons (Fsp3) is 0.375. The molecular formula is C16H20ClN3OS. The number of aromatic nitrogens is 1. The average Bonchev–Trinajstić information content (AvgIpc) is 3.17. The molecule has 2 heterocycles. The first-order valence-electron chi connectivity index (χ1n) is 7.27. The van der Waals surface area contributed by atoms with Crippen LogP contribution in [0.2, 0.25) is 0 Å². The molecule has 1 aromatic carbocycles. The zero-order valence-corrected chi connectivity index (χ0v) is 14.1. The van der Waals surface area contributed by atoms with Gasteiger partial charge in [0.1, 0.15) is 10.7 Å². The maximum absolute atomic E-state index is 12.1. The van der Waals surface area contributed by atoms with Crippen molar-refractivity contribution in [2.24, 2.45) is 0 Å².